The van der Waals surface area contributed by atoms with E-state index in [2.05, 4.69) is 54.7 Å². The Morgan fingerprint density at radius 2 is 1.67 bits per heavy atom. The van der Waals surface area contributed by atoms with Gasteiger partial charge in [0.1, 0.15) is 11.6 Å². The molecule has 4 nitrogen and oxygen atoms in total. The Hall–Kier alpha value is -2.53. The van der Waals surface area contributed by atoms with Gasteiger partial charge in [-0.3, -0.25) is 0 Å². The van der Waals surface area contributed by atoms with Crippen molar-refractivity contribution in [2.45, 2.75) is 45.8 Å². The number of fused-ring (bicyclic) bond motifs is 1. The molecule has 0 aromatic heterocycles. The standard InChI is InChI=1S/C28H38FN3O/c1-20(2)19-33-28-11-7-22(8-12-28)15-30-21(3)32(16-23-5-9-26(29)10-6-23)27-13-24-17-31(4)18-25(24)14-27/h5-12,20,24-25,27,30H,3,13-19H2,1-2,4H3/t24-,25+,27?. The molecule has 0 amide bonds. The van der Waals surface area contributed by atoms with E-state index in [9.17, 15) is 4.39 Å². The molecule has 0 radical (unpaired) electrons. The summed E-state index contributed by atoms with van der Waals surface area (Å²) in [7, 11) is 2.23. The highest BCUT2D eigenvalue weighted by Gasteiger charge is 2.41. The average molecular weight is 452 g/mol. The van der Waals surface area contributed by atoms with Crippen molar-refractivity contribution < 1.29 is 9.13 Å². The molecule has 2 fully saturated rings. The zero-order chi connectivity index (χ0) is 23.4. The van der Waals surface area contributed by atoms with Gasteiger partial charge in [0.2, 0.25) is 0 Å². The lowest BCUT2D eigenvalue weighted by molar-refractivity contribution is 0.212. The number of rotatable bonds is 10. The number of nitrogens with zero attached hydrogens (tertiary/aromatic N) is 2. The second-order valence-corrected chi connectivity index (χ2v) is 10.3. The molecule has 178 valence electrons. The fraction of sp³-hybridized carbons (Fsp3) is 0.500. The Morgan fingerprint density at radius 3 is 2.27 bits per heavy atom. The molecule has 5 heteroatoms. The van der Waals surface area contributed by atoms with E-state index in [4.69, 9.17) is 4.74 Å². The number of hydrogen-bond acceptors (Lipinski definition) is 4. The highest BCUT2D eigenvalue weighted by atomic mass is 19.1. The minimum atomic E-state index is -0.193. The molecule has 3 atom stereocenters. The third kappa shape index (κ3) is 6.29. The number of halogens is 1. The van der Waals surface area contributed by atoms with Gasteiger partial charge >= 0.3 is 0 Å². The van der Waals surface area contributed by atoms with Crippen molar-refractivity contribution in [3.05, 3.63) is 77.9 Å². The van der Waals surface area contributed by atoms with Crippen molar-refractivity contribution in [1.29, 1.82) is 0 Å². The second kappa shape index (κ2) is 10.6. The van der Waals surface area contributed by atoms with Crippen molar-refractivity contribution in [3.63, 3.8) is 0 Å². The van der Waals surface area contributed by atoms with Crippen molar-refractivity contribution >= 4 is 0 Å². The Morgan fingerprint density at radius 1 is 1.06 bits per heavy atom. The zero-order valence-electron chi connectivity index (χ0n) is 20.3. The molecule has 2 aromatic rings. The van der Waals surface area contributed by atoms with Crippen molar-refractivity contribution in [2.75, 3.05) is 26.7 Å². The summed E-state index contributed by atoms with van der Waals surface area (Å²) in [6, 6.07) is 15.6. The van der Waals surface area contributed by atoms with Gasteiger partial charge < -0.3 is 19.9 Å². The molecule has 0 spiro atoms. The molecular weight excluding hydrogens is 413 g/mol. The number of likely N-dealkylation sites (tertiary alicyclic amines) is 1. The smallest absolute Gasteiger partial charge is 0.123 e. The van der Waals surface area contributed by atoms with Crippen LogP contribution in [0.2, 0.25) is 0 Å². The minimum Gasteiger partial charge on any atom is -0.493 e. The number of benzene rings is 2. The molecule has 1 saturated heterocycles. The van der Waals surface area contributed by atoms with Crippen LogP contribution in [0.3, 0.4) is 0 Å². The monoisotopic (exact) mass is 451 g/mol. The van der Waals surface area contributed by atoms with E-state index in [1.807, 2.05) is 24.3 Å². The molecule has 1 aliphatic carbocycles. The van der Waals surface area contributed by atoms with Crippen molar-refractivity contribution in [1.82, 2.24) is 15.1 Å². The molecule has 2 aromatic carbocycles. The first kappa shape index (κ1) is 23.6. The number of nitrogens with one attached hydrogen (secondary N) is 1. The van der Waals surface area contributed by atoms with Crippen LogP contribution in [-0.4, -0.2) is 42.6 Å². The van der Waals surface area contributed by atoms with E-state index >= 15 is 0 Å². The first-order valence-corrected chi connectivity index (χ1v) is 12.2. The van der Waals surface area contributed by atoms with Gasteiger partial charge in [0, 0.05) is 32.2 Å². The van der Waals surface area contributed by atoms with Crippen LogP contribution < -0.4 is 10.1 Å². The van der Waals surface area contributed by atoms with Crippen LogP contribution >= 0.6 is 0 Å². The number of hydrogen-bond donors (Lipinski definition) is 1. The van der Waals surface area contributed by atoms with E-state index in [1.54, 1.807) is 12.1 Å². The van der Waals surface area contributed by atoms with Crippen molar-refractivity contribution in [3.8, 4) is 5.75 Å². The zero-order valence-corrected chi connectivity index (χ0v) is 20.3. The molecule has 1 N–H and O–H groups in total. The van der Waals surface area contributed by atoms with Gasteiger partial charge in [-0.05, 0) is 73.0 Å². The fourth-order valence-electron chi connectivity index (χ4n) is 5.26. The lowest BCUT2D eigenvalue weighted by Crippen LogP contribution is -2.38. The van der Waals surface area contributed by atoms with Crippen molar-refractivity contribution in [2.24, 2.45) is 17.8 Å². The van der Waals surface area contributed by atoms with E-state index in [-0.39, 0.29) is 5.82 Å². The Balaban J connectivity index is 1.39. The molecule has 4 rings (SSSR count). The predicted molar refractivity (Wildman–Crippen MR) is 132 cm³/mol. The van der Waals surface area contributed by atoms with Crippen LogP contribution in [0.25, 0.3) is 0 Å². The maximum atomic E-state index is 13.4. The lowest BCUT2D eigenvalue weighted by Gasteiger charge is -2.34. The molecule has 33 heavy (non-hydrogen) atoms. The van der Waals surface area contributed by atoms with Gasteiger partial charge in [-0.15, -0.1) is 0 Å². The lowest BCUT2D eigenvalue weighted by atomic mass is 10.0. The minimum absolute atomic E-state index is 0.193. The maximum absolute atomic E-state index is 13.4. The third-order valence-electron chi connectivity index (χ3n) is 6.97. The van der Waals surface area contributed by atoms with Crippen LogP contribution in [0, 0.1) is 23.6 Å². The summed E-state index contributed by atoms with van der Waals surface area (Å²) in [5, 5.41) is 3.56. The fourth-order valence-corrected chi connectivity index (χ4v) is 5.26. The molecular formula is C28H38FN3O. The van der Waals surface area contributed by atoms with Gasteiger partial charge in [0.05, 0.1) is 12.4 Å². The normalized spacial score (nSPS) is 22.4. The van der Waals surface area contributed by atoms with Crippen LogP contribution in [0.5, 0.6) is 5.75 Å². The molecule has 1 heterocycles. The van der Waals surface area contributed by atoms with Gasteiger partial charge in [-0.1, -0.05) is 44.7 Å². The summed E-state index contributed by atoms with van der Waals surface area (Å²) < 4.78 is 19.2. The van der Waals surface area contributed by atoms with E-state index in [1.165, 1.54) is 31.5 Å². The van der Waals surface area contributed by atoms with Gasteiger partial charge in [-0.25, -0.2) is 4.39 Å². The summed E-state index contributed by atoms with van der Waals surface area (Å²) in [6.45, 7) is 13.3. The largest absolute Gasteiger partial charge is 0.493 e. The highest BCUT2D eigenvalue weighted by Crippen LogP contribution is 2.40. The first-order chi connectivity index (χ1) is 15.9. The number of ether oxygens (including phenoxy) is 1. The molecule has 1 unspecified atom stereocenters. The summed E-state index contributed by atoms with van der Waals surface area (Å²) in [5.41, 5.74) is 2.31. The quantitative estimate of drug-likeness (QED) is 0.533. The topological polar surface area (TPSA) is 27.7 Å². The Kier molecular flexibility index (Phi) is 7.59. The summed E-state index contributed by atoms with van der Waals surface area (Å²) in [4.78, 5) is 4.86. The summed E-state index contributed by atoms with van der Waals surface area (Å²) in [6.07, 6.45) is 2.39. The summed E-state index contributed by atoms with van der Waals surface area (Å²) >= 11 is 0. The third-order valence-corrected chi connectivity index (χ3v) is 6.97. The van der Waals surface area contributed by atoms with E-state index < -0.39 is 0 Å². The second-order valence-electron chi connectivity index (χ2n) is 10.3. The molecule has 1 aliphatic heterocycles. The first-order valence-electron chi connectivity index (χ1n) is 12.2. The van der Waals surface area contributed by atoms with Gasteiger partial charge in [0.15, 0.2) is 0 Å². The summed E-state index contributed by atoms with van der Waals surface area (Å²) in [5.74, 6) is 3.70. The van der Waals surface area contributed by atoms with E-state index in [0.717, 1.165) is 42.1 Å². The molecule has 0 bridgehead atoms. The molecule has 2 aliphatic rings. The molecule has 1 saturated carbocycles. The predicted octanol–water partition coefficient (Wildman–Crippen LogP) is 5.26. The van der Waals surface area contributed by atoms with Crippen LogP contribution in [-0.2, 0) is 13.1 Å². The van der Waals surface area contributed by atoms with Crippen LogP contribution in [0.4, 0.5) is 4.39 Å². The Bertz CT molecular complexity index is 898. The maximum Gasteiger partial charge on any atom is 0.123 e. The van der Waals surface area contributed by atoms with E-state index in [0.29, 0.717) is 18.5 Å². The average Bonchev–Trinajstić information content (AvgIpc) is 3.33. The highest BCUT2D eigenvalue weighted by molar-refractivity contribution is 5.27. The van der Waals surface area contributed by atoms with Crippen LogP contribution in [0.15, 0.2) is 60.9 Å². The van der Waals surface area contributed by atoms with Gasteiger partial charge in [0.25, 0.3) is 0 Å². The Labute approximate surface area is 198 Å². The van der Waals surface area contributed by atoms with Gasteiger partial charge in [-0.2, -0.15) is 0 Å². The van der Waals surface area contributed by atoms with Crippen LogP contribution in [0.1, 0.15) is 37.8 Å². The SMILES string of the molecule is C=C(NCc1ccc(OCC(C)C)cc1)N(Cc1ccc(F)cc1)C1C[C@@H]2CN(C)C[C@@H]2C1.